The van der Waals surface area contributed by atoms with Crippen LogP contribution in [0.25, 0.3) is 0 Å². The Morgan fingerprint density at radius 2 is 2.04 bits per heavy atom. The second kappa shape index (κ2) is 6.80. The molecule has 1 aliphatic rings. The molecule has 0 spiro atoms. The lowest BCUT2D eigenvalue weighted by atomic mass is 10.1. The molecule has 0 unspecified atom stereocenters. The van der Waals surface area contributed by atoms with Crippen LogP contribution in [0.5, 0.6) is 0 Å². The number of anilines is 1. The third-order valence-electron chi connectivity index (χ3n) is 3.79. The van der Waals surface area contributed by atoms with Crippen LogP contribution in [-0.4, -0.2) is 25.9 Å². The molecule has 0 aliphatic heterocycles. The molecule has 1 saturated carbocycles. The fourth-order valence-electron chi connectivity index (χ4n) is 2.38. The van der Waals surface area contributed by atoms with Crippen LogP contribution >= 0.6 is 11.8 Å². The molecule has 0 bridgehead atoms. The van der Waals surface area contributed by atoms with E-state index in [2.05, 4.69) is 15.5 Å². The van der Waals surface area contributed by atoms with Gasteiger partial charge in [0.2, 0.25) is 5.91 Å². The van der Waals surface area contributed by atoms with E-state index in [1.54, 1.807) is 4.57 Å². The van der Waals surface area contributed by atoms with E-state index in [1.165, 1.54) is 36.0 Å². The number of aromatic nitrogens is 3. The topological polar surface area (TPSA) is 79.8 Å². The van der Waals surface area contributed by atoms with E-state index in [4.69, 9.17) is 0 Å². The zero-order valence-electron chi connectivity index (χ0n) is 13.5. The molecule has 0 radical (unpaired) electrons. The van der Waals surface area contributed by atoms with Gasteiger partial charge in [0, 0.05) is 11.7 Å². The summed E-state index contributed by atoms with van der Waals surface area (Å²) in [6, 6.07) is 5.82. The SMILES string of the molecule is CC(C)[C@@H](Sc1n[nH]c(=O)n1C1CC1)C(=O)Nc1ccc(F)cc1. The normalized spacial score (nSPS) is 15.5. The molecule has 6 nitrogen and oxygen atoms in total. The molecule has 24 heavy (non-hydrogen) atoms. The number of benzene rings is 1. The van der Waals surface area contributed by atoms with Crippen LogP contribution in [0.3, 0.4) is 0 Å². The highest BCUT2D eigenvalue weighted by molar-refractivity contribution is 8.00. The van der Waals surface area contributed by atoms with Crippen LogP contribution in [0, 0.1) is 11.7 Å². The van der Waals surface area contributed by atoms with Gasteiger partial charge < -0.3 is 5.32 Å². The maximum Gasteiger partial charge on any atom is 0.344 e. The van der Waals surface area contributed by atoms with Crippen LogP contribution in [0.4, 0.5) is 10.1 Å². The third kappa shape index (κ3) is 3.69. The number of hydrogen-bond donors (Lipinski definition) is 2. The Kier molecular flexibility index (Phi) is 4.75. The maximum absolute atomic E-state index is 13.0. The fourth-order valence-corrected chi connectivity index (χ4v) is 3.49. The minimum absolute atomic E-state index is 0.0369. The van der Waals surface area contributed by atoms with Crippen molar-refractivity contribution in [3.05, 3.63) is 40.6 Å². The molecule has 1 amide bonds. The Morgan fingerprint density at radius 1 is 1.38 bits per heavy atom. The van der Waals surface area contributed by atoms with Crippen LogP contribution < -0.4 is 11.0 Å². The Bertz CT molecular complexity index is 780. The first-order valence-corrected chi connectivity index (χ1v) is 8.73. The van der Waals surface area contributed by atoms with Gasteiger partial charge in [-0.15, -0.1) is 5.10 Å². The zero-order valence-corrected chi connectivity index (χ0v) is 14.3. The molecular formula is C16H19FN4O2S. The number of amides is 1. The summed E-state index contributed by atoms with van der Waals surface area (Å²) >= 11 is 1.28. The first-order chi connectivity index (χ1) is 11.5. The van der Waals surface area contributed by atoms with Gasteiger partial charge in [-0.2, -0.15) is 0 Å². The van der Waals surface area contributed by atoms with E-state index in [0.717, 1.165) is 12.8 Å². The maximum atomic E-state index is 13.0. The monoisotopic (exact) mass is 350 g/mol. The van der Waals surface area contributed by atoms with E-state index >= 15 is 0 Å². The predicted octanol–water partition coefficient (Wildman–Crippen LogP) is 2.80. The van der Waals surface area contributed by atoms with E-state index in [0.29, 0.717) is 10.8 Å². The van der Waals surface area contributed by atoms with Gasteiger partial charge >= 0.3 is 5.69 Å². The van der Waals surface area contributed by atoms with Gasteiger partial charge in [0.1, 0.15) is 5.82 Å². The molecule has 0 saturated heterocycles. The summed E-state index contributed by atoms with van der Waals surface area (Å²) in [5.74, 6) is -0.512. The first-order valence-electron chi connectivity index (χ1n) is 7.85. The molecule has 128 valence electrons. The summed E-state index contributed by atoms with van der Waals surface area (Å²) in [5.41, 5.74) is 0.302. The predicted molar refractivity (Wildman–Crippen MR) is 90.6 cm³/mol. The van der Waals surface area contributed by atoms with Crippen molar-refractivity contribution >= 4 is 23.4 Å². The zero-order chi connectivity index (χ0) is 17.3. The second-order valence-electron chi connectivity index (χ2n) is 6.19. The summed E-state index contributed by atoms with van der Waals surface area (Å²) in [6.45, 7) is 3.88. The summed E-state index contributed by atoms with van der Waals surface area (Å²) in [4.78, 5) is 24.5. The molecular weight excluding hydrogens is 331 g/mol. The number of nitrogens with one attached hydrogen (secondary N) is 2. The smallest absolute Gasteiger partial charge is 0.325 e. The quantitative estimate of drug-likeness (QED) is 0.785. The highest BCUT2D eigenvalue weighted by Crippen LogP contribution is 2.37. The van der Waals surface area contributed by atoms with Gasteiger partial charge in [-0.1, -0.05) is 25.6 Å². The van der Waals surface area contributed by atoms with Crippen molar-refractivity contribution in [2.75, 3.05) is 5.32 Å². The van der Waals surface area contributed by atoms with Crippen LogP contribution in [0.1, 0.15) is 32.7 Å². The lowest BCUT2D eigenvalue weighted by Crippen LogP contribution is -2.30. The largest absolute Gasteiger partial charge is 0.344 e. The van der Waals surface area contributed by atoms with Crippen LogP contribution in [0.15, 0.2) is 34.2 Å². The molecule has 1 atom stereocenters. The molecule has 2 aromatic rings. The number of thioether (sulfide) groups is 1. The Labute approximate surface area is 142 Å². The Balaban J connectivity index is 1.76. The first kappa shape index (κ1) is 16.8. The average molecular weight is 350 g/mol. The highest BCUT2D eigenvalue weighted by atomic mass is 32.2. The van der Waals surface area contributed by atoms with E-state index in [1.807, 2.05) is 13.8 Å². The number of H-pyrrole nitrogens is 1. The fraction of sp³-hybridized carbons (Fsp3) is 0.438. The van der Waals surface area contributed by atoms with Crippen molar-refractivity contribution in [2.24, 2.45) is 5.92 Å². The number of aromatic amines is 1. The second-order valence-corrected chi connectivity index (χ2v) is 7.30. The summed E-state index contributed by atoms with van der Waals surface area (Å²) < 4.78 is 14.6. The molecule has 1 fully saturated rings. The van der Waals surface area contributed by atoms with Crippen molar-refractivity contribution < 1.29 is 9.18 Å². The molecule has 3 rings (SSSR count). The summed E-state index contributed by atoms with van der Waals surface area (Å²) in [7, 11) is 0. The van der Waals surface area contributed by atoms with E-state index < -0.39 is 5.25 Å². The number of carbonyl (C=O) groups excluding carboxylic acids is 1. The number of nitrogens with zero attached hydrogens (tertiary/aromatic N) is 2. The molecule has 1 aliphatic carbocycles. The van der Waals surface area contributed by atoms with Crippen molar-refractivity contribution in [1.29, 1.82) is 0 Å². The Hall–Kier alpha value is -2.09. The number of rotatable bonds is 6. The highest BCUT2D eigenvalue weighted by Gasteiger charge is 2.32. The van der Waals surface area contributed by atoms with Crippen molar-refractivity contribution in [1.82, 2.24) is 14.8 Å². The minimum atomic E-state index is -0.414. The van der Waals surface area contributed by atoms with Gasteiger partial charge in [0.05, 0.1) is 5.25 Å². The average Bonchev–Trinajstić information content (AvgIpc) is 3.30. The van der Waals surface area contributed by atoms with Gasteiger partial charge in [-0.05, 0) is 43.0 Å². The van der Waals surface area contributed by atoms with Gasteiger partial charge in [0.25, 0.3) is 0 Å². The molecule has 1 heterocycles. The summed E-state index contributed by atoms with van der Waals surface area (Å²) in [6.07, 6.45) is 1.92. The Morgan fingerprint density at radius 3 is 2.62 bits per heavy atom. The number of carbonyl (C=O) groups is 1. The standard InChI is InChI=1S/C16H19FN4O2S/c1-9(2)13(14(22)18-11-5-3-10(17)4-6-11)24-16-20-19-15(23)21(16)12-7-8-12/h3-6,9,12-13H,7-8H2,1-2H3,(H,18,22)(H,19,23)/t13-/m1/s1. The number of halogens is 1. The molecule has 1 aromatic heterocycles. The molecule has 1 aromatic carbocycles. The summed E-state index contributed by atoms with van der Waals surface area (Å²) in [5, 5.41) is 9.43. The lowest BCUT2D eigenvalue weighted by molar-refractivity contribution is -0.116. The van der Waals surface area contributed by atoms with Crippen molar-refractivity contribution in [2.45, 2.75) is 43.1 Å². The van der Waals surface area contributed by atoms with Crippen molar-refractivity contribution in [3.63, 3.8) is 0 Å². The van der Waals surface area contributed by atoms with Crippen molar-refractivity contribution in [3.8, 4) is 0 Å². The lowest BCUT2D eigenvalue weighted by Gasteiger charge is -2.19. The number of hydrogen-bond acceptors (Lipinski definition) is 4. The third-order valence-corrected chi connectivity index (χ3v) is 5.30. The van der Waals surface area contributed by atoms with E-state index in [9.17, 15) is 14.0 Å². The van der Waals surface area contributed by atoms with Gasteiger partial charge in [0.15, 0.2) is 5.16 Å². The van der Waals surface area contributed by atoms with Crippen LogP contribution in [0.2, 0.25) is 0 Å². The van der Waals surface area contributed by atoms with Crippen LogP contribution in [-0.2, 0) is 4.79 Å². The van der Waals surface area contributed by atoms with Gasteiger partial charge in [-0.25, -0.2) is 14.3 Å². The van der Waals surface area contributed by atoms with E-state index in [-0.39, 0.29) is 29.4 Å². The minimum Gasteiger partial charge on any atom is -0.325 e. The molecule has 2 N–H and O–H groups in total. The molecule has 8 heteroatoms. The van der Waals surface area contributed by atoms with Gasteiger partial charge in [-0.3, -0.25) is 9.36 Å².